The molecule has 0 unspecified atom stereocenters. The molecule has 0 saturated carbocycles. The summed E-state index contributed by atoms with van der Waals surface area (Å²) in [7, 11) is 0. The molecule has 166 valence electrons. The fraction of sp³-hybridized carbons (Fsp3) is 0.143. The number of allylic oxidation sites excluding steroid dienone is 1. The van der Waals surface area contributed by atoms with Crippen LogP contribution in [0.3, 0.4) is 0 Å². The minimum absolute atomic E-state index is 0.00717. The summed E-state index contributed by atoms with van der Waals surface area (Å²) in [5.74, 6) is 0.248. The number of anilines is 1. The maximum absolute atomic E-state index is 12.7. The van der Waals surface area contributed by atoms with Gasteiger partial charge >= 0.3 is 0 Å². The molecule has 0 aromatic heterocycles. The number of nitrogens with zero attached hydrogens (tertiary/aromatic N) is 1. The van der Waals surface area contributed by atoms with Crippen LogP contribution < -0.4 is 10.1 Å². The molecule has 0 radical (unpaired) electrons. The van der Waals surface area contributed by atoms with E-state index in [9.17, 15) is 10.1 Å². The molecule has 0 bridgehead atoms. The predicted octanol–water partition coefficient (Wildman–Crippen LogP) is 6.81. The van der Waals surface area contributed by atoms with Crippen LogP contribution >= 0.6 is 11.6 Å². The molecule has 0 atom stereocenters. The third kappa shape index (κ3) is 6.35. The fourth-order valence-electron chi connectivity index (χ4n) is 3.24. The SMILES string of the molecule is C=CCc1cc(/C=C(\C#N)C(=O)Nc2cccc(Cl)c2C)ccc1OCc1ccc(C)cc1. The number of aryl methyl sites for hydroxylation is 1. The third-order valence-electron chi connectivity index (χ3n) is 5.16. The summed E-state index contributed by atoms with van der Waals surface area (Å²) in [5.41, 5.74) is 5.23. The molecule has 0 heterocycles. The highest BCUT2D eigenvalue weighted by molar-refractivity contribution is 6.31. The number of hydrogen-bond acceptors (Lipinski definition) is 3. The Morgan fingerprint density at radius 3 is 2.61 bits per heavy atom. The second-order valence-electron chi connectivity index (χ2n) is 7.67. The van der Waals surface area contributed by atoms with Crippen LogP contribution in [0.1, 0.15) is 27.8 Å². The van der Waals surface area contributed by atoms with Crippen molar-refractivity contribution in [3.8, 4) is 11.8 Å². The standard InChI is InChI=1S/C28H25ClN2O2/c1-4-6-23-15-22(13-14-27(23)33-18-21-11-9-19(2)10-12-21)16-24(17-30)28(32)31-26-8-5-7-25(29)20(26)3/h4-5,7-16H,1,6,18H2,2-3H3,(H,31,32)/b24-16+. The summed E-state index contributed by atoms with van der Waals surface area (Å²) < 4.78 is 6.03. The number of hydrogen-bond donors (Lipinski definition) is 1. The van der Waals surface area contributed by atoms with Gasteiger partial charge in [-0.3, -0.25) is 4.79 Å². The Hall–Kier alpha value is -3.81. The molecule has 0 fully saturated rings. The molecule has 0 saturated heterocycles. The van der Waals surface area contributed by atoms with Gasteiger partial charge in [0.2, 0.25) is 0 Å². The summed E-state index contributed by atoms with van der Waals surface area (Å²) in [5, 5.41) is 12.9. The minimum atomic E-state index is -0.493. The summed E-state index contributed by atoms with van der Waals surface area (Å²) >= 11 is 6.12. The van der Waals surface area contributed by atoms with E-state index in [-0.39, 0.29) is 5.57 Å². The lowest BCUT2D eigenvalue weighted by atomic mass is 10.0. The van der Waals surface area contributed by atoms with Crippen molar-refractivity contribution >= 4 is 29.3 Å². The number of ether oxygens (including phenoxy) is 1. The average molecular weight is 457 g/mol. The van der Waals surface area contributed by atoms with Gasteiger partial charge in [0.05, 0.1) is 0 Å². The first kappa shape index (κ1) is 23.8. The maximum atomic E-state index is 12.7. The highest BCUT2D eigenvalue weighted by Gasteiger charge is 2.13. The zero-order valence-electron chi connectivity index (χ0n) is 18.7. The lowest BCUT2D eigenvalue weighted by Gasteiger charge is -2.12. The van der Waals surface area contributed by atoms with E-state index in [0.29, 0.717) is 23.7 Å². The fourth-order valence-corrected chi connectivity index (χ4v) is 3.41. The van der Waals surface area contributed by atoms with Gasteiger partial charge in [0.15, 0.2) is 0 Å². The number of carbonyl (C=O) groups excluding carboxylic acids is 1. The van der Waals surface area contributed by atoms with Gasteiger partial charge in [0.1, 0.15) is 24.0 Å². The Morgan fingerprint density at radius 2 is 1.91 bits per heavy atom. The number of nitrogens with one attached hydrogen (secondary N) is 1. The first-order chi connectivity index (χ1) is 15.9. The van der Waals surface area contributed by atoms with Crippen LogP contribution in [0.15, 0.2) is 78.9 Å². The van der Waals surface area contributed by atoms with Crippen molar-refractivity contribution in [2.45, 2.75) is 26.9 Å². The van der Waals surface area contributed by atoms with Crippen LogP contribution in [-0.2, 0) is 17.8 Å². The van der Waals surface area contributed by atoms with Crippen LogP contribution in [0.4, 0.5) is 5.69 Å². The Balaban J connectivity index is 1.80. The number of amides is 1. The monoisotopic (exact) mass is 456 g/mol. The number of rotatable bonds is 8. The molecule has 3 aromatic rings. The van der Waals surface area contributed by atoms with Gasteiger partial charge in [0, 0.05) is 10.7 Å². The summed E-state index contributed by atoms with van der Waals surface area (Å²) in [4.78, 5) is 12.7. The molecule has 3 aromatic carbocycles. The summed E-state index contributed by atoms with van der Waals surface area (Å²) in [6.45, 7) is 8.13. The molecule has 4 nitrogen and oxygen atoms in total. The Morgan fingerprint density at radius 1 is 1.15 bits per heavy atom. The van der Waals surface area contributed by atoms with Crippen LogP contribution in [0.2, 0.25) is 5.02 Å². The predicted molar refractivity (Wildman–Crippen MR) is 134 cm³/mol. The molecular weight excluding hydrogens is 432 g/mol. The van der Waals surface area contributed by atoms with E-state index in [4.69, 9.17) is 16.3 Å². The Bertz CT molecular complexity index is 1240. The quantitative estimate of drug-likeness (QED) is 0.230. The zero-order valence-corrected chi connectivity index (χ0v) is 19.4. The molecule has 0 aliphatic carbocycles. The van der Waals surface area contributed by atoms with Crippen LogP contribution in [-0.4, -0.2) is 5.91 Å². The van der Waals surface area contributed by atoms with Gasteiger partial charge in [-0.2, -0.15) is 5.26 Å². The van der Waals surface area contributed by atoms with Crippen molar-refractivity contribution in [2.24, 2.45) is 0 Å². The number of benzene rings is 3. The first-order valence-electron chi connectivity index (χ1n) is 10.5. The number of nitriles is 1. The van der Waals surface area contributed by atoms with Crippen LogP contribution in [0, 0.1) is 25.2 Å². The third-order valence-corrected chi connectivity index (χ3v) is 5.57. The molecule has 3 rings (SSSR count). The highest BCUT2D eigenvalue weighted by atomic mass is 35.5. The molecule has 1 amide bonds. The van der Waals surface area contributed by atoms with Gasteiger partial charge in [-0.05, 0) is 72.9 Å². The van der Waals surface area contributed by atoms with E-state index in [2.05, 4.69) is 24.0 Å². The van der Waals surface area contributed by atoms with Crippen molar-refractivity contribution in [3.05, 3.63) is 112 Å². The van der Waals surface area contributed by atoms with Gasteiger partial charge in [-0.25, -0.2) is 0 Å². The smallest absolute Gasteiger partial charge is 0.266 e. The van der Waals surface area contributed by atoms with Crippen molar-refractivity contribution in [1.29, 1.82) is 5.26 Å². The van der Waals surface area contributed by atoms with E-state index >= 15 is 0 Å². The van der Waals surface area contributed by atoms with Crippen molar-refractivity contribution in [2.75, 3.05) is 5.32 Å². The molecule has 0 aliphatic heterocycles. The van der Waals surface area contributed by atoms with E-state index < -0.39 is 5.91 Å². The summed E-state index contributed by atoms with van der Waals surface area (Å²) in [6, 6.07) is 21.0. The molecule has 1 N–H and O–H groups in total. The molecule has 5 heteroatoms. The molecule has 33 heavy (non-hydrogen) atoms. The van der Waals surface area contributed by atoms with Crippen LogP contribution in [0.25, 0.3) is 6.08 Å². The van der Waals surface area contributed by atoms with Crippen molar-refractivity contribution < 1.29 is 9.53 Å². The molecule has 0 aliphatic rings. The number of carbonyl (C=O) groups is 1. The maximum Gasteiger partial charge on any atom is 0.266 e. The van der Waals surface area contributed by atoms with Crippen molar-refractivity contribution in [3.63, 3.8) is 0 Å². The first-order valence-corrected chi connectivity index (χ1v) is 10.9. The van der Waals surface area contributed by atoms with Gasteiger partial charge in [-0.1, -0.05) is 59.6 Å². The number of halogens is 1. The van der Waals surface area contributed by atoms with E-state index in [0.717, 1.165) is 28.0 Å². The lowest BCUT2D eigenvalue weighted by Crippen LogP contribution is -2.14. The van der Waals surface area contributed by atoms with Gasteiger partial charge < -0.3 is 10.1 Å². The van der Waals surface area contributed by atoms with Gasteiger partial charge in [-0.15, -0.1) is 6.58 Å². The second-order valence-corrected chi connectivity index (χ2v) is 8.08. The average Bonchev–Trinajstić information content (AvgIpc) is 2.81. The van der Waals surface area contributed by atoms with Crippen LogP contribution in [0.5, 0.6) is 5.75 Å². The van der Waals surface area contributed by atoms with Crippen molar-refractivity contribution in [1.82, 2.24) is 0 Å². The molecule has 0 spiro atoms. The van der Waals surface area contributed by atoms with E-state index in [1.54, 1.807) is 30.4 Å². The van der Waals surface area contributed by atoms with Gasteiger partial charge in [0.25, 0.3) is 5.91 Å². The Labute approximate surface area is 199 Å². The van der Waals surface area contributed by atoms with E-state index in [1.165, 1.54) is 5.56 Å². The summed E-state index contributed by atoms with van der Waals surface area (Å²) in [6.07, 6.45) is 3.95. The highest BCUT2D eigenvalue weighted by Crippen LogP contribution is 2.25. The lowest BCUT2D eigenvalue weighted by molar-refractivity contribution is -0.112. The normalized spacial score (nSPS) is 10.9. The topological polar surface area (TPSA) is 62.1 Å². The Kier molecular flexibility index (Phi) is 8.07. The molecular formula is C28H25ClN2O2. The van der Waals surface area contributed by atoms with E-state index in [1.807, 2.05) is 50.2 Å². The minimum Gasteiger partial charge on any atom is -0.489 e. The largest absolute Gasteiger partial charge is 0.489 e. The zero-order chi connectivity index (χ0) is 23.8. The second kappa shape index (κ2) is 11.2.